The van der Waals surface area contributed by atoms with Gasteiger partial charge in [-0.05, 0) is 44.5 Å². The molecular formula is C14H17ClN2. The molecule has 2 aromatic rings. The highest BCUT2D eigenvalue weighted by atomic mass is 35.5. The minimum Gasteiger partial charge on any atom is -0.319 e. The van der Waals surface area contributed by atoms with Gasteiger partial charge >= 0.3 is 0 Å². The van der Waals surface area contributed by atoms with Crippen LogP contribution in [0, 0.1) is 13.8 Å². The molecule has 0 saturated heterocycles. The van der Waals surface area contributed by atoms with Crippen molar-refractivity contribution in [2.45, 2.75) is 26.8 Å². The highest BCUT2D eigenvalue weighted by Gasteiger charge is 2.10. The van der Waals surface area contributed by atoms with Gasteiger partial charge in [-0.3, -0.25) is 4.68 Å². The van der Waals surface area contributed by atoms with E-state index in [0.717, 1.165) is 10.6 Å². The lowest BCUT2D eigenvalue weighted by molar-refractivity contribution is 0.699. The summed E-state index contributed by atoms with van der Waals surface area (Å²) in [6.07, 6.45) is 0. The van der Waals surface area contributed by atoms with Crippen LogP contribution in [0.15, 0.2) is 36.4 Å². The number of aromatic nitrogens is 1. The molecule has 0 spiro atoms. The molecule has 0 saturated carbocycles. The van der Waals surface area contributed by atoms with Crippen LogP contribution in [-0.4, -0.2) is 4.68 Å². The Hall–Kier alpha value is -1.41. The van der Waals surface area contributed by atoms with Gasteiger partial charge in [0, 0.05) is 16.4 Å². The molecule has 1 N–H and O–H groups in total. The van der Waals surface area contributed by atoms with E-state index < -0.39 is 0 Å². The number of halogens is 1. The molecule has 0 aliphatic heterocycles. The zero-order valence-electron chi connectivity index (χ0n) is 10.4. The average Bonchev–Trinajstić information content (AvgIpc) is 2.61. The quantitative estimate of drug-likeness (QED) is 0.867. The third-order valence-corrected chi connectivity index (χ3v) is 3.31. The third-order valence-electron chi connectivity index (χ3n) is 2.97. The van der Waals surface area contributed by atoms with Crippen molar-refractivity contribution >= 4 is 11.6 Å². The molecule has 2 nitrogen and oxygen atoms in total. The number of rotatable bonds is 3. The minimum absolute atomic E-state index is 0.175. The van der Waals surface area contributed by atoms with Crippen molar-refractivity contribution in [1.29, 1.82) is 0 Å². The molecular weight excluding hydrogens is 232 g/mol. The largest absolute Gasteiger partial charge is 0.319 e. The van der Waals surface area contributed by atoms with Gasteiger partial charge in [0.05, 0.1) is 6.04 Å². The Bertz CT molecular complexity index is 497. The summed E-state index contributed by atoms with van der Waals surface area (Å²) in [4.78, 5) is 0. The van der Waals surface area contributed by atoms with Crippen molar-refractivity contribution < 1.29 is 0 Å². The van der Waals surface area contributed by atoms with Crippen molar-refractivity contribution in [3.63, 3.8) is 0 Å². The van der Waals surface area contributed by atoms with Crippen molar-refractivity contribution in [2.75, 3.05) is 5.43 Å². The lowest BCUT2D eigenvalue weighted by atomic mass is 10.1. The van der Waals surface area contributed by atoms with E-state index in [1.165, 1.54) is 11.4 Å². The summed E-state index contributed by atoms with van der Waals surface area (Å²) in [5.74, 6) is 0. The second-order valence-electron chi connectivity index (χ2n) is 4.32. The molecule has 0 aliphatic carbocycles. The SMILES string of the molecule is Cc1ccc(C)n1NC(C)c1ccccc1Cl. The first kappa shape index (κ1) is 12.1. The molecule has 1 unspecified atom stereocenters. The molecule has 0 fully saturated rings. The van der Waals surface area contributed by atoms with E-state index in [1.54, 1.807) is 0 Å². The van der Waals surface area contributed by atoms with Crippen molar-refractivity contribution in [2.24, 2.45) is 0 Å². The minimum atomic E-state index is 0.175. The van der Waals surface area contributed by atoms with Crippen molar-refractivity contribution in [1.82, 2.24) is 4.68 Å². The lowest BCUT2D eigenvalue weighted by Gasteiger charge is -2.20. The summed E-state index contributed by atoms with van der Waals surface area (Å²) in [6, 6.07) is 12.3. The summed E-state index contributed by atoms with van der Waals surface area (Å²) >= 11 is 6.19. The standard InChI is InChI=1S/C14H17ClN2/c1-10-8-9-11(2)17(10)16-12(3)13-6-4-5-7-14(13)15/h4-9,12,16H,1-3H3. The van der Waals surface area contributed by atoms with Crippen LogP contribution in [0.3, 0.4) is 0 Å². The highest BCUT2D eigenvalue weighted by Crippen LogP contribution is 2.23. The summed E-state index contributed by atoms with van der Waals surface area (Å²) in [7, 11) is 0. The fraction of sp³-hybridized carbons (Fsp3) is 0.286. The molecule has 0 radical (unpaired) electrons. The molecule has 90 valence electrons. The first-order valence-corrected chi connectivity index (χ1v) is 6.13. The van der Waals surface area contributed by atoms with Crippen LogP contribution in [0.25, 0.3) is 0 Å². The van der Waals surface area contributed by atoms with Gasteiger partial charge in [0.15, 0.2) is 0 Å². The van der Waals surface area contributed by atoms with Crippen LogP contribution >= 0.6 is 11.6 Å². The van der Waals surface area contributed by atoms with E-state index in [0.29, 0.717) is 0 Å². The Morgan fingerprint density at radius 1 is 1.06 bits per heavy atom. The fourth-order valence-electron chi connectivity index (χ4n) is 1.96. The summed E-state index contributed by atoms with van der Waals surface area (Å²) in [5, 5.41) is 0.801. The second kappa shape index (κ2) is 4.84. The van der Waals surface area contributed by atoms with E-state index in [-0.39, 0.29) is 6.04 Å². The first-order chi connectivity index (χ1) is 8.09. The van der Waals surface area contributed by atoms with E-state index >= 15 is 0 Å². The number of benzene rings is 1. The third kappa shape index (κ3) is 2.47. The van der Waals surface area contributed by atoms with Crippen molar-refractivity contribution in [3.8, 4) is 0 Å². The van der Waals surface area contributed by atoms with E-state index in [1.807, 2.05) is 24.3 Å². The molecule has 2 rings (SSSR count). The molecule has 1 heterocycles. The zero-order valence-corrected chi connectivity index (χ0v) is 11.1. The zero-order chi connectivity index (χ0) is 12.4. The molecule has 0 aliphatic rings. The Balaban J connectivity index is 2.23. The number of nitrogens with zero attached hydrogens (tertiary/aromatic N) is 1. The number of hydrogen-bond acceptors (Lipinski definition) is 1. The van der Waals surface area contributed by atoms with Gasteiger partial charge in [0.25, 0.3) is 0 Å². The Morgan fingerprint density at radius 3 is 2.24 bits per heavy atom. The van der Waals surface area contributed by atoms with Gasteiger partial charge in [0.1, 0.15) is 0 Å². The predicted octanol–water partition coefficient (Wildman–Crippen LogP) is 4.06. The van der Waals surface area contributed by atoms with Gasteiger partial charge in [0.2, 0.25) is 0 Å². The Labute approximate surface area is 107 Å². The monoisotopic (exact) mass is 248 g/mol. The molecule has 1 aromatic heterocycles. The summed E-state index contributed by atoms with van der Waals surface area (Å²) in [6.45, 7) is 6.28. The van der Waals surface area contributed by atoms with Crippen LogP contribution < -0.4 is 5.43 Å². The molecule has 0 bridgehead atoms. The van der Waals surface area contributed by atoms with Gasteiger partial charge in [-0.2, -0.15) is 0 Å². The van der Waals surface area contributed by atoms with Gasteiger partial charge in [-0.1, -0.05) is 29.8 Å². The van der Waals surface area contributed by atoms with E-state index in [2.05, 4.69) is 43.0 Å². The maximum Gasteiger partial charge on any atom is 0.0660 e. The first-order valence-electron chi connectivity index (χ1n) is 5.75. The van der Waals surface area contributed by atoms with Gasteiger partial charge < -0.3 is 5.43 Å². The smallest absolute Gasteiger partial charge is 0.0660 e. The van der Waals surface area contributed by atoms with Crippen LogP contribution in [0.1, 0.15) is 29.9 Å². The van der Waals surface area contributed by atoms with Crippen molar-refractivity contribution in [3.05, 3.63) is 58.4 Å². The van der Waals surface area contributed by atoms with Gasteiger partial charge in [-0.15, -0.1) is 0 Å². The lowest BCUT2D eigenvalue weighted by Crippen LogP contribution is -2.21. The maximum atomic E-state index is 6.19. The molecule has 1 atom stereocenters. The molecule has 1 aromatic carbocycles. The van der Waals surface area contributed by atoms with E-state index in [9.17, 15) is 0 Å². The second-order valence-corrected chi connectivity index (χ2v) is 4.73. The van der Waals surface area contributed by atoms with Crippen LogP contribution in [-0.2, 0) is 0 Å². The Morgan fingerprint density at radius 2 is 1.65 bits per heavy atom. The molecule has 17 heavy (non-hydrogen) atoms. The maximum absolute atomic E-state index is 6.19. The predicted molar refractivity (Wildman–Crippen MR) is 73.1 cm³/mol. The van der Waals surface area contributed by atoms with E-state index in [4.69, 9.17) is 11.6 Å². The normalized spacial score (nSPS) is 12.5. The Kier molecular flexibility index (Phi) is 3.43. The van der Waals surface area contributed by atoms with Crippen LogP contribution in [0.2, 0.25) is 5.02 Å². The number of aryl methyl sites for hydroxylation is 2. The molecule has 0 amide bonds. The summed E-state index contributed by atoms with van der Waals surface area (Å²) in [5.41, 5.74) is 6.95. The van der Waals surface area contributed by atoms with Crippen LogP contribution in [0.4, 0.5) is 0 Å². The summed E-state index contributed by atoms with van der Waals surface area (Å²) < 4.78 is 2.09. The average molecular weight is 249 g/mol. The fourth-order valence-corrected chi connectivity index (χ4v) is 2.26. The van der Waals surface area contributed by atoms with Crippen LogP contribution in [0.5, 0.6) is 0 Å². The number of hydrogen-bond donors (Lipinski definition) is 1. The highest BCUT2D eigenvalue weighted by molar-refractivity contribution is 6.31. The van der Waals surface area contributed by atoms with Gasteiger partial charge in [-0.25, -0.2) is 0 Å². The molecule has 3 heteroatoms. The topological polar surface area (TPSA) is 17.0 Å². The number of nitrogens with one attached hydrogen (secondary N) is 1.